The molecule has 0 saturated carbocycles. The number of carbonyl (C=O) groups is 1. The lowest BCUT2D eigenvalue weighted by Crippen LogP contribution is -2.12. The number of carboxylic acids is 1. The van der Waals surface area contributed by atoms with Gasteiger partial charge in [0.05, 0.1) is 0 Å². The Morgan fingerprint density at radius 1 is 1.85 bits per heavy atom. The highest BCUT2D eigenvalue weighted by Gasteiger charge is 2.19. The summed E-state index contributed by atoms with van der Waals surface area (Å²) >= 11 is 0. The van der Waals surface area contributed by atoms with Gasteiger partial charge in [-0.25, -0.2) is 9.36 Å². The first-order chi connectivity index (χ1) is 6.02. The molecule has 0 radical (unpaired) electrons. The molecule has 13 heavy (non-hydrogen) atoms. The predicted octanol–water partition coefficient (Wildman–Crippen LogP) is 0.184. The van der Waals surface area contributed by atoms with Crippen molar-refractivity contribution in [2.24, 2.45) is 0 Å². The maximum absolute atomic E-state index is 10.3. The number of nitro groups is 1. The maximum Gasteiger partial charge on any atom is 0.435 e. The Labute approximate surface area is 72.8 Å². The van der Waals surface area contributed by atoms with E-state index in [1.807, 2.05) is 0 Å². The SMILES string of the molecule is Cc1cnc([N+](=O)[O-])n1CC(=O)O. The average Bonchev–Trinajstić information content (AvgIpc) is 2.32. The van der Waals surface area contributed by atoms with Gasteiger partial charge in [-0.2, -0.15) is 0 Å². The second-order valence-electron chi connectivity index (χ2n) is 2.44. The average molecular weight is 185 g/mol. The molecule has 0 bridgehead atoms. The zero-order chi connectivity index (χ0) is 10.0. The molecule has 0 saturated heterocycles. The van der Waals surface area contributed by atoms with Crippen LogP contribution in [0.25, 0.3) is 0 Å². The Kier molecular flexibility index (Phi) is 2.27. The van der Waals surface area contributed by atoms with E-state index in [1.165, 1.54) is 6.20 Å². The van der Waals surface area contributed by atoms with Crippen LogP contribution in [0.4, 0.5) is 5.95 Å². The lowest BCUT2D eigenvalue weighted by molar-refractivity contribution is -0.396. The third kappa shape index (κ3) is 1.81. The van der Waals surface area contributed by atoms with Crippen molar-refractivity contribution in [1.29, 1.82) is 0 Å². The van der Waals surface area contributed by atoms with E-state index in [2.05, 4.69) is 4.98 Å². The smallest absolute Gasteiger partial charge is 0.435 e. The fraction of sp³-hybridized carbons (Fsp3) is 0.333. The van der Waals surface area contributed by atoms with Gasteiger partial charge in [0.2, 0.25) is 0 Å². The number of hydrogen-bond donors (Lipinski definition) is 1. The molecule has 0 atom stereocenters. The molecule has 0 spiro atoms. The van der Waals surface area contributed by atoms with Crippen molar-refractivity contribution in [3.05, 3.63) is 22.0 Å². The summed E-state index contributed by atoms with van der Waals surface area (Å²) in [5, 5.41) is 18.8. The summed E-state index contributed by atoms with van der Waals surface area (Å²) < 4.78 is 1.03. The number of imidazole rings is 1. The summed E-state index contributed by atoms with van der Waals surface area (Å²) in [7, 11) is 0. The number of rotatable bonds is 3. The Hall–Kier alpha value is -1.92. The van der Waals surface area contributed by atoms with Gasteiger partial charge in [0.25, 0.3) is 0 Å². The summed E-state index contributed by atoms with van der Waals surface area (Å²) in [5.41, 5.74) is 0.453. The van der Waals surface area contributed by atoms with Crippen LogP contribution in [0.1, 0.15) is 5.69 Å². The predicted molar refractivity (Wildman–Crippen MR) is 41.3 cm³/mol. The van der Waals surface area contributed by atoms with E-state index in [9.17, 15) is 14.9 Å². The van der Waals surface area contributed by atoms with Crippen LogP contribution in [-0.2, 0) is 11.3 Å². The Morgan fingerprint density at radius 2 is 2.46 bits per heavy atom. The first kappa shape index (κ1) is 9.17. The number of aliphatic carboxylic acids is 1. The van der Waals surface area contributed by atoms with Gasteiger partial charge >= 0.3 is 11.9 Å². The van der Waals surface area contributed by atoms with E-state index >= 15 is 0 Å². The van der Waals surface area contributed by atoms with E-state index in [-0.39, 0.29) is 0 Å². The van der Waals surface area contributed by atoms with Crippen molar-refractivity contribution in [2.75, 3.05) is 0 Å². The third-order valence-electron chi connectivity index (χ3n) is 1.49. The maximum atomic E-state index is 10.3. The molecule has 1 N–H and O–H groups in total. The summed E-state index contributed by atoms with van der Waals surface area (Å²) in [5.74, 6) is -1.58. The van der Waals surface area contributed by atoms with Crippen molar-refractivity contribution in [1.82, 2.24) is 9.55 Å². The lowest BCUT2D eigenvalue weighted by Gasteiger charge is -1.98. The highest BCUT2D eigenvalue weighted by atomic mass is 16.6. The Balaban J connectivity index is 3.08. The number of aromatic nitrogens is 2. The minimum Gasteiger partial charge on any atom is -0.479 e. The van der Waals surface area contributed by atoms with Gasteiger partial charge < -0.3 is 15.2 Å². The van der Waals surface area contributed by atoms with Crippen molar-refractivity contribution < 1.29 is 14.8 Å². The first-order valence-corrected chi connectivity index (χ1v) is 3.40. The van der Waals surface area contributed by atoms with E-state index in [0.717, 1.165) is 4.57 Å². The topological polar surface area (TPSA) is 98.3 Å². The van der Waals surface area contributed by atoms with Crippen LogP contribution in [0.15, 0.2) is 6.20 Å². The molecule has 0 aliphatic heterocycles. The molecule has 1 aromatic heterocycles. The van der Waals surface area contributed by atoms with Gasteiger partial charge in [-0.3, -0.25) is 0 Å². The molecule has 0 fully saturated rings. The minimum absolute atomic E-state index is 0.442. The van der Waals surface area contributed by atoms with Crippen LogP contribution in [0.2, 0.25) is 0 Å². The second kappa shape index (κ2) is 3.21. The zero-order valence-electron chi connectivity index (χ0n) is 6.80. The molecule has 1 rings (SSSR count). The number of carboxylic acid groups (broad SMARTS) is 1. The molecule has 7 nitrogen and oxygen atoms in total. The standard InChI is InChI=1S/C6H7N3O4/c1-4-2-7-6(9(12)13)8(4)3-5(10)11/h2H,3H2,1H3,(H,10,11). The minimum atomic E-state index is -1.14. The van der Waals surface area contributed by atoms with Gasteiger partial charge in [0.1, 0.15) is 11.9 Å². The fourth-order valence-electron chi connectivity index (χ4n) is 0.925. The lowest BCUT2D eigenvalue weighted by atomic mass is 10.5. The normalized spacial score (nSPS) is 9.92. The summed E-state index contributed by atoms with van der Waals surface area (Å²) in [4.78, 5) is 23.4. The van der Waals surface area contributed by atoms with Gasteiger partial charge in [-0.1, -0.05) is 4.98 Å². The molecular weight excluding hydrogens is 178 g/mol. The van der Waals surface area contributed by atoms with Crippen molar-refractivity contribution in [2.45, 2.75) is 13.5 Å². The molecule has 1 heterocycles. The number of aryl methyl sites for hydroxylation is 1. The van der Waals surface area contributed by atoms with Gasteiger partial charge in [-0.15, -0.1) is 0 Å². The molecular formula is C6H7N3O4. The van der Waals surface area contributed by atoms with Gasteiger partial charge in [0.15, 0.2) is 6.54 Å². The zero-order valence-corrected chi connectivity index (χ0v) is 6.80. The summed E-state index contributed by atoms with van der Waals surface area (Å²) in [6, 6.07) is 0. The highest BCUT2D eigenvalue weighted by Crippen LogP contribution is 2.11. The molecule has 0 aliphatic rings. The van der Waals surface area contributed by atoms with E-state index < -0.39 is 23.4 Å². The third-order valence-corrected chi connectivity index (χ3v) is 1.49. The van der Waals surface area contributed by atoms with E-state index in [0.29, 0.717) is 5.69 Å². The monoisotopic (exact) mass is 185 g/mol. The summed E-state index contributed by atoms with van der Waals surface area (Å²) in [6.45, 7) is 1.12. The van der Waals surface area contributed by atoms with Crippen LogP contribution in [0.3, 0.4) is 0 Å². The van der Waals surface area contributed by atoms with Crippen LogP contribution >= 0.6 is 0 Å². The van der Waals surface area contributed by atoms with Crippen LogP contribution in [-0.4, -0.2) is 25.6 Å². The van der Waals surface area contributed by atoms with Crippen LogP contribution in [0, 0.1) is 17.0 Å². The Bertz CT molecular complexity index is 357. The molecule has 1 aromatic rings. The summed E-state index contributed by atoms with van der Waals surface area (Å²) in [6.07, 6.45) is 1.26. The number of nitrogens with zero attached hydrogens (tertiary/aromatic N) is 3. The van der Waals surface area contributed by atoms with E-state index in [1.54, 1.807) is 6.92 Å². The van der Waals surface area contributed by atoms with Crippen LogP contribution in [0.5, 0.6) is 0 Å². The Morgan fingerprint density at radius 3 is 2.92 bits per heavy atom. The van der Waals surface area contributed by atoms with Crippen LogP contribution < -0.4 is 0 Å². The quantitative estimate of drug-likeness (QED) is 0.535. The highest BCUT2D eigenvalue weighted by molar-refractivity contribution is 5.67. The molecule has 0 aromatic carbocycles. The van der Waals surface area contributed by atoms with Gasteiger partial charge in [-0.05, 0) is 11.8 Å². The fourth-order valence-corrected chi connectivity index (χ4v) is 0.925. The number of hydrogen-bond acceptors (Lipinski definition) is 4. The second-order valence-corrected chi connectivity index (χ2v) is 2.44. The first-order valence-electron chi connectivity index (χ1n) is 3.40. The van der Waals surface area contributed by atoms with E-state index in [4.69, 9.17) is 5.11 Å². The van der Waals surface area contributed by atoms with Crippen molar-refractivity contribution in [3.63, 3.8) is 0 Å². The van der Waals surface area contributed by atoms with Crippen molar-refractivity contribution >= 4 is 11.9 Å². The van der Waals surface area contributed by atoms with Gasteiger partial charge in [0, 0.05) is 0 Å². The molecule has 0 unspecified atom stereocenters. The molecule has 0 amide bonds. The molecule has 7 heteroatoms. The molecule has 0 aliphatic carbocycles. The van der Waals surface area contributed by atoms with Crippen molar-refractivity contribution in [3.8, 4) is 0 Å². The largest absolute Gasteiger partial charge is 0.479 e. The molecule has 70 valence electrons.